The molecule has 6 aromatic rings. The van der Waals surface area contributed by atoms with Crippen LogP contribution in [0.5, 0.6) is 11.5 Å². The lowest BCUT2D eigenvalue weighted by atomic mass is 9.41. The van der Waals surface area contributed by atoms with Crippen molar-refractivity contribution in [2.75, 3.05) is 4.90 Å². The Labute approximate surface area is 351 Å². The molecule has 296 valence electrons. The largest absolute Gasteiger partial charge is 0.457 e. The van der Waals surface area contributed by atoms with E-state index in [0.29, 0.717) is 11.8 Å². The van der Waals surface area contributed by atoms with E-state index in [-0.39, 0.29) is 21.7 Å². The second kappa shape index (κ2) is 12.2. The molecule has 1 aliphatic heterocycles. The number of rotatable bonds is 4. The smallest absolute Gasteiger partial charge is 0.132 e. The molecule has 0 N–H and O–H groups in total. The third kappa shape index (κ3) is 4.98. The molecule has 0 radical (unpaired) electrons. The maximum absolute atomic E-state index is 7.17. The summed E-state index contributed by atoms with van der Waals surface area (Å²) in [6.45, 7) is 14.7. The lowest BCUT2D eigenvalue weighted by Gasteiger charge is -2.63. The van der Waals surface area contributed by atoms with Gasteiger partial charge in [0.1, 0.15) is 11.5 Å². The summed E-state index contributed by atoms with van der Waals surface area (Å²) in [5.74, 6) is 5.09. The summed E-state index contributed by atoms with van der Waals surface area (Å²) < 4.78 is 7.17. The Morgan fingerprint density at radius 2 is 1.12 bits per heavy atom. The zero-order chi connectivity index (χ0) is 40.1. The summed E-state index contributed by atoms with van der Waals surface area (Å²) in [6, 6.07) is 49.0. The molecule has 0 unspecified atom stereocenters. The Kier molecular flexibility index (Phi) is 7.44. The monoisotopic (exact) mass is 771 g/mol. The first-order valence-corrected chi connectivity index (χ1v) is 22.6. The van der Waals surface area contributed by atoms with Crippen LogP contribution in [0.1, 0.15) is 120 Å². The minimum atomic E-state index is -0.0958. The van der Waals surface area contributed by atoms with Crippen LogP contribution in [-0.2, 0) is 21.7 Å². The van der Waals surface area contributed by atoms with Gasteiger partial charge < -0.3 is 9.64 Å². The van der Waals surface area contributed by atoms with Gasteiger partial charge in [-0.25, -0.2) is 0 Å². The average Bonchev–Trinajstić information content (AvgIpc) is 3.46. The fraction of sp³-hybridized carbons (Fsp3) is 0.368. The Morgan fingerprint density at radius 3 is 1.88 bits per heavy atom. The summed E-state index contributed by atoms with van der Waals surface area (Å²) in [6.07, 6.45) is 9.11. The normalized spacial score (nSPS) is 26.6. The summed E-state index contributed by atoms with van der Waals surface area (Å²) in [4.78, 5) is 2.65. The second-order valence-electron chi connectivity index (χ2n) is 21.2. The third-order valence-electron chi connectivity index (χ3n) is 16.7. The van der Waals surface area contributed by atoms with Gasteiger partial charge in [0.2, 0.25) is 0 Å². The molecule has 0 aromatic heterocycles. The summed E-state index contributed by atoms with van der Waals surface area (Å²) in [5, 5.41) is 0. The quantitative estimate of drug-likeness (QED) is 0.177. The number of anilines is 3. The first-order valence-electron chi connectivity index (χ1n) is 22.6. The first-order chi connectivity index (χ1) is 28.4. The highest BCUT2D eigenvalue weighted by atomic mass is 16.5. The summed E-state index contributed by atoms with van der Waals surface area (Å²) in [5.41, 5.74) is 17.6. The Hall–Kier alpha value is -5.08. The first kappa shape index (κ1) is 35.8. The fourth-order valence-corrected chi connectivity index (χ4v) is 14.0. The summed E-state index contributed by atoms with van der Waals surface area (Å²) >= 11 is 0. The average molecular weight is 772 g/mol. The minimum Gasteiger partial charge on any atom is -0.457 e. The highest BCUT2D eigenvalue weighted by Gasteiger charge is 2.61. The maximum Gasteiger partial charge on any atom is 0.132 e. The maximum atomic E-state index is 7.17. The van der Waals surface area contributed by atoms with Gasteiger partial charge in [0.25, 0.3) is 0 Å². The number of benzene rings is 6. The van der Waals surface area contributed by atoms with Gasteiger partial charge in [-0.1, -0.05) is 126 Å². The Morgan fingerprint density at radius 1 is 0.475 bits per heavy atom. The molecule has 0 amide bonds. The molecule has 1 spiro atoms. The third-order valence-corrected chi connectivity index (χ3v) is 16.7. The van der Waals surface area contributed by atoms with E-state index in [9.17, 15) is 0 Å². The van der Waals surface area contributed by atoms with E-state index >= 15 is 0 Å². The van der Waals surface area contributed by atoms with Crippen LogP contribution in [-0.4, -0.2) is 0 Å². The standard InChI is InChI=1S/C57H57NO/c1-54(2)25-26-55(3,4)53-47(54)17-12-18-50(53)58(41-20-22-44-43-15-10-11-16-45(43)56(5,6)48(44)33-41)42-21-24-51-49(34-42)57(39-28-35-27-36(30-39)31-40(57)29-35)46-23-19-38(32-52(46)59-51)37-13-8-7-9-14-37/h7-24,32-36,39-40H,25-31H2,1-6H3. The van der Waals surface area contributed by atoms with Crippen molar-refractivity contribution in [2.24, 2.45) is 23.7 Å². The number of ether oxygens (including phenoxy) is 1. The van der Waals surface area contributed by atoms with Crippen molar-refractivity contribution in [1.82, 2.24) is 0 Å². The molecule has 0 atom stereocenters. The van der Waals surface area contributed by atoms with Crippen LogP contribution in [0.3, 0.4) is 0 Å². The molecule has 0 saturated heterocycles. The van der Waals surface area contributed by atoms with Crippen molar-refractivity contribution in [3.05, 3.63) is 161 Å². The number of hydrogen-bond acceptors (Lipinski definition) is 2. The molecular weight excluding hydrogens is 715 g/mol. The molecule has 4 bridgehead atoms. The fourth-order valence-electron chi connectivity index (χ4n) is 14.0. The van der Waals surface area contributed by atoms with Gasteiger partial charge in [-0.2, -0.15) is 0 Å². The number of nitrogens with zero attached hydrogens (tertiary/aromatic N) is 1. The summed E-state index contributed by atoms with van der Waals surface area (Å²) in [7, 11) is 0. The van der Waals surface area contributed by atoms with Gasteiger partial charge in [0.15, 0.2) is 0 Å². The number of hydrogen-bond donors (Lipinski definition) is 0. The topological polar surface area (TPSA) is 12.5 Å². The van der Waals surface area contributed by atoms with Crippen LogP contribution >= 0.6 is 0 Å². The lowest BCUT2D eigenvalue weighted by Crippen LogP contribution is -2.57. The SMILES string of the molecule is CC1(C)CCC(C)(C)c2c(N(c3ccc4c(c3)C(C)(C)c3ccccc3-4)c3ccc4c(c3)C3(c5ccc(-c6ccccc6)cc5O4)C4CC5CC(C4)CC3C5)cccc21. The molecular formula is C57H57NO. The van der Waals surface area contributed by atoms with Crippen molar-refractivity contribution < 1.29 is 4.74 Å². The van der Waals surface area contributed by atoms with Crippen LogP contribution in [0.2, 0.25) is 0 Å². The Balaban J connectivity index is 1.09. The van der Waals surface area contributed by atoms with Crippen LogP contribution in [0, 0.1) is 23.7 Å². The van der Waals surface area contributed by atoms with Crippen molar-refractivity contribution in [2.45, 2.75) is 108 Å². The van der Waals surface area contributed by atoms with Crippen molar-refractivity contribution in [3.8, 4) is 33.8 Å². The van der Waals surface area contributed by atoms with E-state index in [4.69, 9.17) is 4.74 Å². The van der Waals surface area contributed by atoms with E-state index in [0.717, 1.165) is 23.3 Å². The van der Waals surface area contributed by atoms with Crippen LogP contribution in [0.25, 0.3) is 22.3 Å². The van der Waals surface area contributed by atoms with Gasteiger partial charge >= 0.3 is 0 Å². The molecule has 59 heavy (non-hydrogen) atoms. The van der Waals surface area contributed by atoms with Crippen LogP contribution in [0.15, 0.2) is 127 Å². The van der Waals surface area contributed by atoms with Gasteiger partial charge in [0.05, 0.1) is 5.69 Å². The zero-order valence-corrected chi connectivity index (χ0v) is 35.7. The van der Waals surface area contributed by atoms with E-state index in [1.165, 1.54) is 118 Å². The van der Waals surface area contributed by atoms with Gasteiger partial charge in [0, 0.05) is 33.3 Å². The molecule has 6 aromatic carbocycles. The van der Waals surface area contributed by atoms with E-state index < -0.39 is 0 Å². The van der Waals surface area contributed by atoms with Crippen molar-refractivity contribution in [1.29, 1.82) is 0 Å². The molecule has 4 saturated carbocycles. The molecule has 4 fully saturated rings. The van der Waals surface area contributed by atoms with Crippen LogP contribution in [0.4, 0.5) is 17.1 Å². The minimum absolute atomic E-state index is 0.0291. The molecule has 2 nitrogen and oxygen atoms in total. The molecule has 13 rings (SSSR count). The van der Waals surface area contributed by atoms with Gasteiger partial charge in [-0.3, -0.25) is 0 Å². The van der Waals surface area contributed by atoms with Gasteiger partial charge in [-0.05, 0) is 166 Å². The molecule has 6 aliphatic carbocycles. The highest BCUT2D eigenvalue weighted by Crippen LogP contribution is 2.69. The predicted molar refractivity (Wildman–Crippen MR) is 244 cm³/mol. The van der Waals surface area contributed by atoms with Crippen LogP contribution < -0.4 is 9.64 Å². The van der Waals surface area contributed by atoms with Crippen molar-refractivity contribution in [3.63, 3.8) is 0 Å². The van der Waals surface area contributed by atoms with Crippen molar-refractivity contribution >= 4 is 17.1 Å². The molecule has 2 heteroatoms. The van der Waals surface area contributed by atoms with Gasteiger partial charge in [-0.15, -0.1) is 0 Å². The second-order valence-corrected chi connectivity index (χ2v) is 21.2. The molecule has 1 heterocycles. The zero-order valence-electron chi connectivity index (χ0n) is 35.7. The predicted octanol–water partition coefficient (Wildman–Crippen LogP) is 15.3. The van der Waals surface area contributed by atoms with E-state index in [1.807, 2.05) is 0 Å². The van der Waals surface area contributed by atoms with E-state index in [2.05, 4.69) is 174 Å². The highest BCUT2D eigenvalue weighted by molar-refractivity contribution is 5.87. The Bertz CT molecular complexity index is 2670. The number of fused-ring (bicyclic) bond motifs is 6. The van der Waals surface area contributed by atoms with E-state index in [1.54, 1.807) is 0 Å². The lowest BCUT2D eigenvalue weighted by molar-refractivity contribution is -0.0452. The molecule has 7 aliphatic rings.